The SMILES string of the molecule is O=C1CCCC(=O)C1=C(O)c1ccc(-c2ccccc2)c(N=S2(=O)CCCCC2)c1Cl. The number of hydrogen-bond donors (Lipinski definition) is 1. The summed E-state index contributed by atoms with van der Waals surface area (Å²) in [6, 6.07) is 12.8. The molecular formula is C24H24ClNO4S. The molecule has 7 heteroatoms. The number of allylic oxidation sites excluding steroid dienone is 1. The van der Waals surface area contributed by atoms with Gasteiger partial charge in [-0.3, -0.25) is 9.59 Å². The number of benzene rings is 2. The van der Waals surface area contributed by atoms with Gasteiger partial charge in [-0.15, -0.1) is 0 Å². The zero-order valence-corrected chi connectivity index (χ0v) is 18.7. The number of aliphatic hydroxyl groups is 1. The predicted octanol–water partition coefficient (Wildman–Crippen LogP) is 5.88. The van der Waals surface area contributed by atoms with Gasteiger partial charge in [0.25, 0.3) is 0 Å². The minimum absolute atomic E-state index is 0.103. The van der Waals surface area contributed by atoms with Crippen LogP contribution in [0.15, 0.2) is 52.4 Å². The van der Waals surface area contributed by atoms with Gasteiger partial charge < -0.3 is 5.11 Å². The molecule has 2 aromatic rings. The van der Waals surface area contributed by atoms with Crippen molar-refractivity contribution < 1.29 is 18.9 Å². The summed E-state index contributed by atoms with van der Waals surface area (Å²) in [5, 5.41) is 11.0. The third-order valence-corrected chi connectivity index (χ3v) is 8.49. The lowest BCUT2D eigenvalue weighted by Gasteiger charge is -2.19. The molecule has 0 unspecified atom stereocenters. The van der Waals surface area contributed by atoms with Gasteiger partial charge in [0.1, 0.15) is 17.0 Å². The number of rotatable bonds is 3. The van der Waals surface area contributed by atoms with Crippen LogP contribution in [-0.4, -0.2) is 32.4 Å². The van der Waals surface area contributed by atoms with Crippen molar-refractivity contribution in [2.45, 2.75) is 38.5 Å². The number of ketones is 2. The molecule has 1 saturated heterocycles. The number of aliphatic hydroxyl groups excluding tert-OH is 1. The highest BCUT2D eigenvalue weighted by atomic mass is 35.5. The van der Waals surface area contributed by atoms with E-state index in [-0.39, 0.29) is 40.6 Å². The normalized spacial score (nSPS) is 18.7. The minimum Gasteiger partial charge on any atom is -0.506 e. The summed E-state index contributed by atoms with van der Waals surface area (Å²) < 4.78 is 18.0. The largest absolute Gasteiger partial charge is 0.506 e. The summed E-state index contributed by atoms with van der Waals surface area (Å²) in [5.41, 5.74) is 1.85. The second-order valence-corrected chi connectivity index (χ2v) is 10.9. The zero-order valence-electron chi connectivity index (χ0n) is 17.1. The van der Waals surface area contributed by atoms with E-state index in [1.807, 2.05) is 30.3 Å². The topological polar surface area (TPSA) is 83.8 Å². The van der Waals surface area contributed by atoms with Crippen LogP contribution in [0.3, 0.4) is 0 Å². The summed E-state index contributed by atoms with van der Waals surface area (Å²) >= 11 is 6.72. The summed E-state index contributed by atoms with van der Waals surface area (Å²) in [7, 11) is -2.48. The first kappa shape index (κ1) is 21.8. The Balaban J connectivity index is 1.94. The molecule has 4 rings (SSSR count). The zero-order chi connectivity index (χ0) is 22.0. The second kappa shape index (κ2) is 8.97. The predicted molar refractivity (Wildman–Crippen MR) is 124 cm³/mol. The van der Waals surface area contributed by atoms with E-state index in [1.165, 1.54) is 0 Å². The number of halogens is 1. The lowest BCUT2D eigenvalue weighted by atomic mass is 9.89. The lowest BCUT2D eigenvalue weighted by Crippen LogP contribution is -2.20. The molecule has 0 aromatic heterocycles. The van der Waals surface area contributed by atoms with E-state index in [2.05, 4.69) is 4.36 Å². The van der Waals surface area contributed by atoms with Gasteiger partial charge in [-0.25, -0.2) is 4.21 Å². The van der Waals surface area contributed by atoms with E-state index >= 15 is 0 Å². The maximum Gasteiger partial charge on any atom is 0.170 e. The Morgan fingerprint density at radius 3 is 2.19 bits per heavy atom. The monoisotopic (exact) mass is 457 g/mol. The molecule has 1 aliphatic carbocycles. The third kappa shape index (κ3) is 4.46. The third-order valence-electron chi connectivity index (χ3n) is 5.74. The molecule has 2 aromatic carbocycles. The van der Waals surface area contributed by atoms with Gasteiger partial charge in [0.2, 0.25) is 0 Å². The van der Waals surface area contributed by atoms with Crippen LogP contribution in [-0.2, 0) is 19.3 Å². The van der Waals surface area contributed by atoms with Crippen LogP contribution in [0.1, 0.15) is 44.1 Å². The van der Waals surface area contributed by atoms with Gasteiger partial charge in [-0.2, -0.15) is 4.36 Å². The fourth-order valence-electron chi connectivity index (χ4n) is 4.09. The number of hydrogen-bond acceptors (Lipinski definition) is 5. The van der Waals surface area contributed by atoms with Crippen molar-refractivity contribution >= 4 is 44.3 Å². The first-order valence-electron chi connectivity index (χ1n) is 10.5. The average Bonchev–Trinajstić information content (AvgIpc) is 2.76. The molecule has 0 radical (unpaired) electrons. The fraction of sp³-hybridized carbons (Fsp3) is 0.333. The average molecular weight is 458 g/mol. The molecule has 31 heavy (non-hydrogen) atoms. The van der Waals surface area contributed by atoms with Crippen LogP contribution in [0.5, 0.6) is 0 Å². The molecular weight excluding hydrogens is 434 g/mol. The van der Waals surface area contributed by atoms with Gasteiger partial charge in [0.15, 0.2) is 11.6 Å². The number of carbonyl (C=O) groups excluding carboxylic acids is 2. The highest BCUT2D eigenvalue weighted by molar-refractivity contribution is 7.93. The van der Waals surface area contributed by atoms with E-state index in [1.54, 1.807) is 12.1 Å². The number of nitrogens with zero attached hydrogens (tertiary/aromatic N) is 1. The van der Waals surface area contributed by atoms with Crippen molar-refractivity contribution in [2.24, 2.45) is 4.36 Å². The molecule has 1 aliphatic heterocycles. The molecule has 1 saturated carbocycles. The van der Waals surface area contributed by atoms with E-state index in [0.717, 1.165) is 24.8 Å². The smallest absolute Gasteiger partial charge is 0.170 e. The second-order valence-electron chi connectivity index (χ2n) is 7.95. The van der Waals surface area contributed by atoms with Gasteiger partial charge in [-0.1, -0.05) is 54.4 Å². The molecule has 0 amide bonds. The first-order chi connectivity index (χ1) is 14.9. The Morgan fingerprint density at radius 2 is 1.55 bits per heavy atom. The van der Waals surface area contributed by atoms with E-state index in [4.69, 9.17) is 11.6 Å². The summed E-state index contributed by atoms with van der Waals surface area (Å²) in [5.74, 6) is -0.172. The van der Waals surface area contributed by atoms with Crippen LogP contribution < -0.4 is 0 Å². The maximum absolute atomic E-state index is 13.4. The quantitative estimate of drug-likeness (QED) is 0.354. The summed E-state index contributed by atoms with van der Waals surface area (Å²) in [6.07, 6.45) is 3.64. The molecule has 1 N–H and O–H groups in total. The van der Waals surface area contributed by atoms with Crippen molar-refractivity contribution in [1.82, 2.24) is 0 Å². The molecule has 0 spiro atoms. The molecule has 2 aliphatic rings. The van der Waals surface area contributed by atoms with E-state index in [9.17, 15) is 18.9 Å². The molecule has 2 fully saturated rings. The molecule has 5 nitrogen and oxygen atoms in total. The van der Waals surface area contributed by atoms with Crippen molar-refractivity contribution in [3.63, 3.8) is 0 Å². The standard InChI is InChI=1S/C24H24ClNO4S/c25-22-18(24(29)21-19(27)10-7-11-20(21)28)13-12-17(16-8-3-1-4-9-16)23(22)26-31(30)14-5-2-6-15-31/h1,3-4,8-9,12-13,29H,2,5-7,10-11,14-15H2. The minimum atomic E-state index is -2.48. The van der Waals surface area contributed by atoms with Crippen molar-refractivity contribution in [2.75, 3.05) is 11.5 Å². The van der Waals surface area contributed by atoms with Crippen molar-refractivity contribution in [3.05, 3.63) is 58.6 Å². The molecule has 0 bridgehead atoms. The maximum atomic E-state index is 13.4. The Hall–Kier alpha value is -2.44. The van der Waals surface area contributed by atoms with Gasteiger partial charge in [0, 0.05) is 35.5 Å². The summed E-state index contributed by atoms with van der Waals surface area (Å²) in [4.78, 5) is 24.6. The first-order valence-corrected chi connectivity index (χ1v) is 12.7. The molecule has 1 heterocycles. The Kier molecular flexibility index (Phi) is 6.30. The fourth-order valence-corrected chi connectivity index (χ4v) is 6.66. The van der Waals surface area contributed by atoms with Gasteiger partial charge in [0.05, 0.1) is 14.8 Å². The van der Waals surface area contributed by atoms with Crippen LogP contribution in [0.4, 0.5) is 5.69 Å². The van der Waals surface area contributed by atoms with Crippen molar-refractivity contribution in [3.8, 4) is 11.1 Å². The van der Waals surface area contributed by atoms with Gasteiger partial charge in [-0.05, 0) is 30.9 Å². The molecule has 162 valence electrons. The lowest BCUT2D eigenvalue weighted by molar-refractivity contribution is -0.123. The van der Waals surface area contributed by atoms with Crippen LogP contribution in [0, 0.1) is 0 Å². The number of Topliss-reactive ketones (excluding diaryl/α,β-unsaturated/α-hetero) is 2. The Labute approximate surface area is 187 Å². The Bertz CT molecular complexity index is 1160. The van der Waals surface area contributed by atoms with Crippen LogP contribution >= 0.6 is 11.6 Å². The number of carbonyl (C=O) groups is 2. The Morgan fingerprint density at radius 1 is 0.903 bits per heavy atom. The molecule has 0 atom stereocenters. The summed E-state index contributed by atoms with van der Waals surface area (Å²) in [6.45, 7) is 0. The van der Waals surface area contributed by atoms with Gasteiger partial charge >= 0.3 is 0 Å². The van der Waals surface area contributed by atoms with Crippen LogP contribution in [0.25, 0.3) is 16.9 Å². The highest BCUT2D eigenvalue weighted by Crippen LogP contribution is 2.42. The van der Waals surface area contributed by atoms with E-state index < -0.39 is 15.5 Å². The highest BCUT2D eigenvalue weighted by Gasteiger charge is 2.29. The van der Waals surface area contributed by atoms with Crippen molar-refractivity contribution in [1.29, 1.82) is 0 Å². The van der Waals surface area contributed by atoms with Crippen LogP contribution in [0.2, 0.25) is 5.02 Å². The van der Waals surface area contributed by atoms with E-state index in [0.29, 0.717) is 29.2 Å².